The smallest absolute Gasteiger partial charge is 0.227 e. The number of morpholine rings is 1. The summed E-state index contributed by atoms with van der Waals surface area (Å²) < 4.78 is 5.43. The zero-order valence-corrected chi connectivity index (χ0v) is 17.5. The van der Waals surface area contributed by atoms with Crippen LogP contribution in [0.1, 0.15) is 19.8 Å². The van der Waals surface area contributed by atoms with Crippen LogP contribution >= 0.6 is 0 Å². The molecule has 2 aromatic carbocycles. The molecule has 0 atom stereocenters. The van der Waals surface area contributed by atoms with Crippen LogP contribution in [-0.4, -0.2) is 42.8 Å². The molecule has 0 radical (unpaired) electrons. The lowest BCUT2D eigenvalue weighted by atomic mass is 10.1. The van der Waals surface area contributed by atoms with Gasteiger partial charge in [-0.3, -0.25) is 0 Å². The molecular formula is C24H29N5O. The Kier molecular flexibility index (Phi) is 6.77. The summed E-state index contributed by atoms with van der Waals surface area (Å²) in [6, 6.07) is 18.7. The minimum absolute atomic E-state index is 0.594. The average molecular weight is 404 g/mol. The average Bonchev–Trinajstić information content (AvgIpc) is 2.81. The minimum atomic E-state index is 0.594. The van der Waals surface area contributed by atoms with Crippen molar-refractivity contribution < 1.29 is 4.74 Å². The molecule has 1 fully saturated rings. The molecule has 3 aromatic rings. The first kappa shape index (κ1) is 20.2. The normalized spacial score (nSPS) is 13.8. The molecule has 1 aliphatic heterocycles. The molecule has 0 amide bonds. The van der Waals surface area contributed by atoms with Crippen molar-refractivity contribution in [2.24, 2.45) is 0 Å². The molecular weight excluding hydrogens is 374 g/mol. The summed E-state index contributed by atoms with van der Waals surface area (Å²) in [5, 5.41) is 6.75. The van der Waals surface area contributed by atoms with Crippen LogP contribution in [0.2, 0.25) is 0 Å². The van der Waals surface area contributed by atoms with Crippen LogP contribution in [0.3, 0.4) is 0 Å². The number of ether oxygens (including phenoxy) is 1. The molecule has 30 heavy (non-hydrogen) atoms. The van der Waals surface area contributed by atoms with Crippen molar-refractivity contribution in [3.63, 3.8) is 0 Å². The van der Waals surface area contributed by atoms with Crippen LogP contribution in [0.5, 0.6) is 0 Å². The highest BCUT2D eigenvalue weighted by Gasteiger charge is 2.11. The molecule has 1 saturated heterocycles. The zero-order valence-electron chi connectivity index (χ0n) is 17.5. The number of hydrogen-bond acceptors (Lipinski definition) is 6. The van der Waals surface area contributed by atoms with Gasteiger partial charge in [-0.05, 0) is 48.9 Å². The summed E-state index contributed by atoms with van der Waals surface area (Å²) in [6.07, 6.45) is 4.16. The third-order valence-corrected chi connectivity index (χ3v) is 5.20. The van der Waals surface area contributed by atoms with E-state index in [0.717, 1.165) is 55.5 Å². The summed E-state index contributed by atoms with van der Waals surface area (Å²) in [5.74, 6) is 0.594. The zero-order chi connectivity index (χ0) is 20.6. The first-order valence-electron chi connectivity index (χ1n) is 10.7. The summed E-state index contributed by atoms with van der Waals surface area (Å²) in [4.78, 5) is 11.4. The lowest BCUT2D eigenvalue weighted by Crippen LogP contribution is -2.36. The van der Waals surface area contributed by atoms with E-state index in [4.69, 9.17) is 4.74 Å². The molecule has 6 heteroatoms. The number of nitrogens with one attached hydrogen (secondary N) is 2. The maximum atomic E-state index is 5.43. The number of nitrogens with zero attached hydrogens (tertiary/aromatic N) is 3. The van der Waals surface area contributed by atoms with Crippen LogP contribution in [0, 0.1) is 0 Å². The van der Waals surface area contributed by atoms with E-state index >= 15 is 0 Å². The number of hydrogen-bond donors (Lipinski definition) is 2. The molecule has 0 aliphatic carbocycles. The van der Waals surface area contributed by atoms with Crippen LogP contribution in [0.25, 0.3) is 11.3 Å². The first-order chi connectivity index (χ1) is 14.8. The van der Waals surface area contributed by atoms with Gasteiger partial charge in [-0.15, -0.1) is 0 Å². The van der Waals surface area contributed by atoms with E-state index in [2.05, 4.69) is 81.0 Å². The molecule has 0 saturated carbocycles. The van der Waals surface area contributed by atoms with Gasteiger partial charge in [-0.25, -0.2) is 9.97 Å². The van der Waals surface area contributed by atoms with Crippen molar-refractivity contribution in [2.75, 3.05) is 48.4 Å². The fourth-order valence-corrected chi connectivity index (χ4v) is 3.45. The monoisotopic (exact) mass is 403 g/mol. The van der Waals surface area contributed by atoms with Crippen molar-refractivity contribution in [1.29, 1.82) is 0 Å². The third kappa shape index (κ3) is 5.27. The summed E-state index contributed by atoms with van der Waals surface area (Å²) in [6.45, 7) is 6.65. The molecule has 156 valence electrons. The fraction of sp³-hybridized carbons (Fsp3) is 0.333. The maximum Gasteiger partial charge on any atom is 0.227 e. The number of rotatable bonds is 8. The van der Waals surface area contributed by atoms with Gasteiger partial charge >= 0.3 is 0 Å². The quantitative estimate of drug-likeness (QED) is 0.520. The highest BCUT2D eigenvalue weighted by atomic mass is 16.5. The predicted octanol–water partition coefficient (Wildman–Crippen LogP) is 4.94. The second kappa shape index (κ2) is 10.1. The molecule has 1 aliphatic rings. The van der Waals surface area contributed by atoms with Gasteiger partial charge in [0, 0.05) is 48.5 Å². The van der Waals surface area contributed by atoms with Crippen LogP contribution < -0.4 is 15.5 Å². The predicted molar refractivity (Wildman–Crippen MR) is 124 cm³/mol. The van der Waals surface area contributed by atoms with Crippen molar-refractivity contribution in [3.05, 3.63) is 60.8 Å². The Morgan fingerprint density at radius 3 is 2.40 bits per heavy atom. The van der Waals surface area contributed by atoms with Gasteiger partial charge in [0.05, 0.1) is 18.9 Å². The lowest BCUT2D eigenvalue weighted by molar-refractivity contribution is 0.122. The Balaban J connectivity index is 1.40. The molecule has 2 N–H and O–H groups in total. The highest BCUT2D eigenvalue weighted by molar-refractivity contribution is 5.65. The van der Waals surface area contributed by atoms with Gasteiger partial charge in [0.15, 0.2) is 0 Å². The summed E-state index contributed by atoms with van der Waals surface area (Å²) in [7, 11) is 0. The van der Waals surface area contributed by atoms with E-state index in [1.165, 1.54) is 18.5 Å². The molecule has 2 heterocycles. The SMILES string of the molecule is CCCCNc1ccc(-c2ccnc(Nc3ccc(N4CCOCC4)cc3)n2)cc1. The van der Waals surface area contributed by atoms with Crippen LogP contribution in [-0.2, 0) is 4.74 Å². The summed E-state index contributed by atoms with van der Waals surface area (Å²) in [5.41, 5.74) is 5.30. The topological polar surface area (TPSA) is 62.3 Å². The Bertz CT molecular complexity index is 921. The maximum absolute atomic E-state index is 5.43. The lowest BCUT2D eigenvalue weighted by Gasteiger charge is -2.28. The Morgan fingerprint density at radius 2 is 1.67 bits per heavy atom. The van der Waals surface area contributed by atoms with Gasteiger partial charge in [0.1, 0.15) is 0 Å². The van der Waals surface area contributed by atoms with Gasteiger partial charge in [-0.2, -0.15) is 0 Å². The van der Waals surface area contributed by atoms with E-state index in [1.807, 2.05) is 6.07 Å². The number of anilines is 4. The van der Waals surface area contributed by atoms with Gasteiger partial charge in [0.25, 0.3) is 0 Å². The molecule has 0 bridgehead atoms. The standard InChI is InChI=1S/C24H29N5O/c1-2-3-13-25-20-6-4-19(5-7-20)23-12-14-26-24(28-23)27-21-8-10-22(11-9-21)29-15-17-30-18-16-29/h4-12,14,25H,2-3,13,15-18H2,1H3,(H,26,27,28). The Labute approximate surface area is 178 Å². The van der Waals surface area contributed by atoms with Crippen molar-refractivity contribution in [2.45, 2.75) is 19.8 Å². The highest BCUT2D eigenvalue weighted by Crippen LogP contribution is 2.23. The largest absolute Gasteiger partial charge is 0.385 e. The van der Waals surface area contributed by atoms with Crippen LogP contribution in [0.15, 0.2) is 60.8 Å². The number of benzene rings is 2. The molecule has 6 nitrogen and oxygen atoms in total. The second-order valence-electron chi connectivity index (χ2n) is 7.39. The van der Waals surface area contributed by atoms with E-state index in [9.17, 15) is 0 Å². The van der Waals surface area contributed by atoms with Gasteiger partial charge in [-0.1, -0.05) is 25.5 Å². The molecule has 1 aromatic heterocycles. The number of aromatic nitrogens is 2. The van der Waals surface area contributed by atoms with E-state index < -0.39 is 0 Å². The molecule has 0 unspecified atom stereocenters. The minimum Gasteiger partial charge on any atom is -0.385 e. The van der Waals surface area contributed by atoms with E-state index in [-0.39, 0.29) is 0 Å². The van der Waals surface area contributed by atoms with Crippen molar-refractivity contribution in [1.82, 2.24) is 9.97 Å². The third-order valence-electron chi connectivity index (χ3n) is 5.20. The van der Waals surface area contributed by atoms with Crippen molar-refractivity contribution in [3.8, 4) is 11.3 Å². The molecule has 4 rings (SSSR count). The van der Waals surface area contributed by atoms with E-state index in [0.29, 0.717) is 5.95 Å². The Hall–Kier alpha value is -3.12. The molecule has 0 spiro atoms. The van der Waals surface area contributed by atoms with Gasteiger partial charge in [0.2, 0.25) is 5.95 Å². The van der Waals surface area contributed by atoms with Gasteiger partial charge < -0.3 is 20.3 Å². The number of unbranched alkanes of at least 4 members (excludes halogenated alkanes) is 1. The first-order valence-corrected chi connectivity index (χ1v) is 10.7. The van der Waals surface area contributed by atoms with Crippen molar-refractivity contribution >= 4 is 23.0 Å². The Morgan fingerprint density at radius 1 is 0.933 bits per heavy atom. The summed E-state index contributed by atoms with van der Waals surface area (Å²) >= 11 is 0. The fourth-order valence-electron chi connectivity index (χ4n) is 3.45. The second-order valence-corrected chi connectivity index (χ2v) is 7.39. The van der Waals surface area contributed by atoms with Crippen LogP contribution in [0.4, 0.5) is 23.0 Å². The van der Waals surface area contributed by atoms with E-state index in [1.54, 1.807) is 6.20 Å².